The summed E-state index contributed by atoms with van der Waals surface area (Å²) in [6.45, 7) is 1.19. The predicted octanol–water partition coefficient (Wildman–Crippen LogP) is 1.64. The molecule has 1 saturated carbocycles. The number of halogens is 1. The minimum absolute atomic E-state index is 0.00931. The Bertz CT molecular complexity index is 1250. The molecule has 1 unspecified atom stereocenters. The molecule has 0 radical (unpaired) electrons. The summed E-state index contributed by atoms with van der Waals surface area (Å²) in [5.74, 6) is -1.32. The Balaban J connectivity index is 1.33. The summed E-state index contributed by atoms with van der Waals surface area (Å²) in [5.41, 5.74) is 0.0331. The van der Waals surface area contributed by atoms with E-state index in [4.69, 9.17) is 0 Å². The second-order valence-electron chi connectivity index (χ2n) is 8.68. The van der Waals surface area contributed by atoms with E-state index in [0.29, 0.717) is 11.1 Å². The summed E-state index contributed by atoms with van der Waals surface area (Å²) >= 11 is 0. The molecule has 180 valence electrons. The lowest BCUT2D eigenvalue weighted by atomic mass is 9.96. The topological polar surface area (TPSA) is 125 Å². The van der Waals surface area contributed by atoms with Crippen LogP contribution in [0.3, 0.4) is 0 Å². The fourth-order valence-corrected chi connectivity index (χ4v) is 5.02. The number of amides is 4. The highest BCUT2D eigenvalue weighted by Gasteiger charge is 2.56. The summed E-state index contributed by atoms with van der Waals surface area (Å²) in [5, 5.41) is 5.30. The van der Waals surface area contributed by atoms with Crippen molar-refractivity contribution in [3.8, 4) is 0 Å². The molecule has 2 aromatic carbocycles. The fourth-order valence-electron chi connectivity index (χ4n) is 3.93. The lowest BCUT2D eigenvalue weighted by molar-refractivity contribution is -0.135. The summed E-state index contributed by atoms with van der Waals surface area (Å²) < 4.78 is 41.0. The van der Waals surface area contributed by atoms with Gasteiger partial charge in [0, 0.05) is 13.1 Å². The van der Waals surface area contributed by atoms with Gasteiger partial charge in [-0.25, -0.2) is 22.3 Å². The number of hydrogen-bond donors (Lipinski definition) is 3. The molecule has 1 heterocycles. The van der Waals surface area contributed by atoms with E-state index in [1.165, 1.54) is 36.4 Å². The lowest BCUT2D eigenvalue weighted by Crippen LogP contribution is -2.46. The molecule has 9 nitrogen and oxygen atoms in total. The molecule has 1 aliphatic heterocycles. The number of nitrogens with zero attached hydrogens (tertiary/aromatic N) is 1. The zero-order valence-electron chi connectivity index (χ0n) is 18.5. The number of imide groups is 1. The van der Waals surface area contributed by atoms with Gasteiger partial charge in [-0.3, -0.25) is 14.5 Å². The van der Waals surface area contributed by atoms with Gasteiger partial charge in [-0.2, -0.15) is 0 Å². The van der Waals surface area contributed by atoms with Gasteiger partial charge >= 0.3 is 6.03 Å². The number of benzene rings is 2. The van der Waals surface area contributed by atoms with Crippen LogP contribution < -0.4 is 15.4 Å². The van der Waals surface area contributed by atoms with Crippen LogP contribution in [0.25, 0.3) is 0 Å². The molecule has 1 aliphatic carbocycles. The average molecular weight is 489 g/mol. The zero-order chi connectivity index (χ0) is 24.5. The lowest BCUT2D eigenvalue weighted by Gasteiger charge is -2.20. The van der Waals surface area contributed by atoms with E-state index in [1.807, 2.05) is 0 Å². The first-order chi connectivity index (χ1) is 16.1. The van der Waals surface area contributed by atoms with Crippen LogP contribution in [-0.4, -0.2) is 43.2 Å². The summed E-state index contributed by atoms with van der Waals surface area (Å²) in [7, 11) is -3.87. The molecule has 4 rings (SSSR count). The Labute approximate surface area is 196 Å². The first-order valence-electron chi connectivity index (χ1n) is 10.8. The molecule has 2 fully saturated rings. The highest BCUT2D eigenvalue weighted by atomic mass is 32.2. The molecule has 0 spiro atoms. The van der Waals surface area contributed by atoms with Crippen molar-refractivity contribution in [2.45, 2.75) is 43.3 Å². The highest BCUT2D eigenvalue weighted by Crippen LogP contribution is 2.42. The smallest absolute Gasteiger partial charge is 0.325 e. The Morgan fingerprint density at radius 2 is 1.79 bits per heavy atom. The van der Waals surface area contributed by atoms with Crippen molar-refractivity contribution in [1.82, 2.24) is 20.3 Å². The quantitative estimate of drug-likeness (QED) is 0.463. The van der Waals surface area contributed by atoms with Gasteiger partial charge in [-0.15, -0.1) is 0 Å². The second kappa shape index (κ2) is 9.15. The van der Waals surface area contributed by atoms with Crippen molar-refractivity contribution in [2.24, 2.45) is 5.92 Å². The normalized spacial score (nSPS) is 20.4. The number of carbonyl (C=O) groups excluding carboxylic acids is 3. The predicted molar refractivity (Wildman–Crippen MR) is 120 cm³/mol. The van der Waals surface area contributed by atoms with Crippen molar-refractivity contribution in [1.29, 1.82) is 0 Å². The number of hydrogen-bond acceptors (Lipinski definition) is 5. The molecule has 0 aromatic heterocycles. The summed E-state index contributed by atoms with van der Waals surface area (Å²) in [6.07, 6.45) is 1.72. The standard InChI is InChI=1S/C23H25FN4O5S/c1-23(17-8-9-17)21(30)28(22(31)27-23)14-20(29)25-12-16-5-3-7-19(11-16)34(32,33)26-13-15-4-2-6-18(24)10-15/h2-7,10-11,17,26H,8-9,12-14H2,1H3,(H,25,29)(H,27,31). The van der Waals surface area contributed by atoms with Crippen molar-refractivity contribution in [2.75, 3.05) is 6.54 Å². The molecule has 1 atom stereocenters. The maximum absolute atomic E-state index is 13.3. The van der Waals surface area contributed by atoms with Gasteiger partial charge in [0.25, 0.3) is 5.91 Å². The average Bonchev–Trinajstić information content (AvgIpc) is 3.63. The van der Waals surface area contributed by atoms with Crippen LogP contribution in [-0.2, 0) is 32.7 Å². The van der Waals surface area contributed by atoms with E-state index >= 15 is 0 Å². The number of rotatable bonds is 9. The van der Waals surface area contributed by atoms with E-state index in [9.17, 15) is 27.2 Å². The van der Waals surface area contributed by atoms with Gasteiger partial charge in [0.05, 0.1) is 4.90 Å². The van der Waals surface area contributed by atoms with Crippen molar-refractivity contribution in [3.63, 3.8) is 0 Å². The van der Waals surface area contributed by atoms with Crippen molar-refractivity contribution < 1.29 is 27.2 Å². The first-order valence-corrected chi connectivity index (χ1v) is 12.3. The molecule has 2 aromatic rings. The number of nitrogens with one attached hydrogen (secondary N) is 3. The summed E-state index contributed by atoms with van der Waals surface area (Å²) in [4.78, 5) is 38.1. The van der Waals surface area contributed by atoms with Gasteiger partial charge in [-0.1, -0.05) is 24.3 Å². The Morgan fingerprint density at radius 1 is 1.12 bits per heavy atom. The Kier molecular flexibility index (Phi) is 6.41. The van der Waals surface area contributed by atoms with Gasteiger partial charge in [0.1, 0.15) is 17.9 Å². The molecule has 3 N–H and O–H groups in total. The van der Waals surface area contributed by atoms with E-state index in [2.05, 4.69) is 15.4 Å². The van der Waals surface area contributed by atoms with E-state index in [0.717, 1.165) is 17.7 Å². The molecule has 2 aliphatic rings. The fraction of sp³-hybridized carbons (Fsp3) is 0.348. The van der Waals surface area contributed by atoms with E-state index in [-0.39, 0.29) is 23.9 Å². The van der Waals surface area contributed by atoms with Crippen LogP contribution in [0.2, 0.25) is 0 Å². The summed E-state index contributed by atoms with van der Waals surface area (Å²) in [6, 6.07) is 11.0. The third-order valence-electron chi connectivity index (χ3n) is 6.05. The molecule has 34 heavy (non-hydrogen) atoms. The van der Waals surface area contributed by atoms with Crippen molar-refractivity contribution in [3.05, 3.63) is 65.5 Å². The molecule has 11 heteroatoms. The van der Waals surface area contributed by atoms with Gasteiger partial charge in [0.2, 0.25) is 15.9 Å². The van der Waals surface area contributed by atoms with Crippen LogP contribution in [0.1, 0.15) is 30.9 Å². The highest BCUT2D eigenvalue weighted by molar-refractivity contribution is 7.89. The van der Waals surface area contributed by atoms with Crippen LogP contribution in [0.4, 0.5) is 9.18 Å². The number of urea groups is 1. The third kappa shape index (κ3) is 5.10. The molecular formula is C23H25FN4O5S. The van der Waals surface area contributed by atoms with E-state index in [1.54, 1.807) is 19.1 Å². The van der Waals surface area contributed by atoms with Gasteiger partial charge in [0.15, 0.2) is 0 Å². The second-order valence-corrected chi connectivity index (χ2v) is 10.4. The molecule has 4 amide bonds. The molecule has 1 saturated heterocycles. The Morgan fingerprint density at radius 3 is 2.47 bits per heavy atom. The maximum atomic E-state index is 13.3. The number of carbonyl (C=O) groups is 3. The first kappa shape index (κ1) is 23.8. The van der Waals surface area contributed by atoms with Crippen LogP contribution in [0.15, 0.2) is 53.4 Å². The van der Waals surface area contributed by atoms with Gasteiger partial charge in [-0.05, 0) is 61.1 Å². The molecule has 0 bridgehead atoms. The SMILES string of the molecule is CC1(C2CC2)NC(=O)N(CC(=O)NCc2cccc(S(=O)(=O)NCc3cccc(F)c3)c2)C1=O. The van der Waals surface area contributed by atoms with Crippen molar-refractivity contribution >= 4 is 27.9 Å². The Hall–Kier alpha value is -3.31. The number of sulfonamides is 1. The van der Waals surface area contributed by atoms with Crippen LogP contribution >= 0.6 is 0 Å². The van der Waals surface area contributed by atoms with Crippen LogP contribution in [0, 0.1) is 11.7 Å². The molecular weight excluding hydrogens is 463 g/mol. The zero-order valence-corrected chi connectivity index (χ0v) is 19.3. The van der Waals surface area contributed by atoms with Gasteiger partial charge < -0.3 is 10.6 Å². The largest absolute Gasteiger partial charge is 0.350 e. The monoisotopic (exact) mass is 488 g/mol. The third-order valence-corrected chi connectivity index (χ3v) is 7.45. The van der Waals surface area contributed by atoms with E-state index < -0.39 is 45.8 Å². The minimum atomic E-state index is -3.87. The minimum Gasteiger partial charge on any atom is -0.350 e. The maximum Gasteiger partial charge on any atom is 0.325 e. The van der Waals surface area contributed by atoms with Crippen LogP contribution in [0.5, 0.6) is 0 Å².